The summed E-state index contributed by atoms with van der Waals surface area (Å²) in [5, 5.41) is 1.85. The lowest BCUT2D eigenvalue weighted by Crippen LogP contribution is -2.42. The summed E-state index contributed by atoms with van der Waals surface area (Å²) in [6.07, 6.45) is 0.440. The van der Waals surface area contributed by atoms with Crippen molar-refractivity contribution in [3.8, 4) is 11.1 Å². The van der Waals surface area contributed by atoms with Gasteiger partial charge >= 0.3 is 0 Å². The van der Waals surface area contributed by atoms with E-state index in [1.165, 1.54) is 9.78 Å². The number of amides is 1. The molecule has 2 aromatic carbocycles. The maximum Gasteiger partial charge on any atom is 0.253 e. The Labute approximate surface area is 171 Å². The number of piperidine rings is 1. The molecular formula is C22H20ClF2NOS. The number of carbonyl (C=O) groups is 1. The highest BCUT2D eigenvalue weighted by Gasteiger charge is 2.35. The summed E-state index contributed by atoms with van der Waals surface area (Å²) < 4.78 is 27.7. The van der Waals surface area contributed by atoms with Crippen molar-refractivity contribution in [3.05, 3.63) is 57.9 Å². The Morgan fingerprint density at radius 2 is 1.79 bits per heavy atom. The van der Waals surface area contributed by atoms with Gasteiger partial charge in [-0.05, 0) is 53.3 Å². The summed E-state index contributed by atoms with van der Waals surface area (Å²) >= 11 is 8.19. The van der Waals surface area contributed by atoms with E-state index in [2.05, 4.69) is 19.1 Å². The number of fused-ring (bicyclic) bond motifs is 1. The first-order chi connectivity index (χ1) is 13.4. The molecule has 4 rings (SSSR count). The van der Waals surface area contributed by atoms with Gasteiger partial charge in [-0.2, -0.15) is 0 Å². The van der Waals surface area contributed by atoms with Gasteiger partial charge in [0.25, 0.3) is 11.8 Å². The fourth-order valence-electron chi connectivity index (χ4n) is 3.53. The predicted octanol–water partition coefficient (Wildman–Crippen LogP) is 6.66. The van der Waals surface area contributed by atoms with Gasteiger partial charge in [-0.15, -0.1) is 11.3 Å². The van der Waals surface area contributed by atoms with Crippen LogP contribution >= 0.6 is 22.9 Å². The molecule has 28 heavy (non-hydrogen) atoms. The third-order valence-electron chi connectivity index (χ3n) is 5.22. The maximum absolute atomic E-state index is 13.3. The summed E-state index contributed by atoms with van der Waals surface area (Å²) in [7, 11) is 0. The highest BCUT2D eigenvalue weighted by atomic mass is 35.5. The van der Waals surface area contributed by atoms with Crippen LogP contribution in [0.5, 0.6) is 0 Å². The zero-order valence-corrected chi connectivity index (χ0v) is 17.0. The maximum atomic E-state index is 13.3. The highest BCUT2D eigenvalue weighted by molar-refractivity contribution is 7.19. The van der Waals surface area contributed by atoms with Crippen LogP contribution in [-0.4, -0.2) is 29.8 Å². The minimum absolute atomic E-state index is 0.0950. The molecule has 1 fully saturated rings. The SMILES string of the molecule is CCc1cc2cc(-c3ccc(C(=O)N4CCC(F)(F)CC4)cc3)cc(Cl)c2s1. The Bertz CT molecular complexity index is 1020. The molecule has 1 saturated heterocycles. The van der Waals surface area contributed by atoms with Crippen LogP contribution in [0.2, 0.25) is 5.02 Å². The largest absolute Gasteiger partial charge is 0.338 e. The van der Waals surface area contributed by atoms with Crippen molar-refractivity contribution in [2.24, 2.45) is 0 Å². The van der Waals surface area contributed by atoms with Crippen LogP contribution in [0.1, 0.15) is 35.0 Å². The second-order valence-electron chi connectivity index (χ2n) is 7.17. The first kappa shape index (κ1) is 19.3. The molecule has 3 aromatic rings. The lowest BCUT2D eigenvalue weighted by atomic mass is 10.0. The van der Waals surface area contributed by atoms with Gasteiger partial charge in [0, 0.05) is 36.4 Å². The lowest BCUT2D eigenvalue weighted by molar-refractivity contribution is -0.0494. The molecule has 0 spiro atoms. The Kier molecular flexibility index (Phi) is 5.15. The van der Waals surface area contributed by atoms with Crippen LogP contribution in [0.3, 0.4) is 0 Å². The van der Waals surface area contributed by atoms with E-state index in [-0.39, 0.29) is 31.8 Å². The standard InChI is InChI=1S/C22H20ClF2NOS/c1-2-18-12-17-11-16(13-19(23)20(17)28-18)14-3-5-15(6-4-14)21(27)26-9-7-22(24,25)8-10-26/h3-6,11-13H,2,7-10H2,1H3. The van der Waals surface area contributed by atoms with Gasteiger partial charge < -0.3 is 4.90 Å². The lowest BCUT2D eigenvalue weighted by Gasteiger charge is -2.31. The average molecular weight is 420 g/mol. The molecular weight excluding hydrogens is 400 g/mol. The van der Waals surface area contributed by atoms with E-state index in [0.717, 1.165) is 32.7 Å². The van der Waals surface area contributed by atoms with Gasteiger partial charge in [-0.25, -0.2) is 8.78 Å². The van der Waals surface area contributed by atoms with Gasteiger partial charge in [0.2, 0.25) is 0 Å². The van der Waals surface area contributed by atoms with Crippen LogP contribution in [0, 0.1) is 0 Å². The van der Waals surface area contributed by atoms with Crippen molar-refractivity contribution in [1.82, 2.24) is 4.90 Å². The summed E-state index contributed by atoms with van der Waals surface area (Å²) in [6, 6.07) is 13.5. The van der Waals surface area contributed by atoms with Crippen LogP contribution in [0.25, 0.3) is 21.2 Å². The number of thiophene rings is 1. The molecule has 6 heteroatoms. The smallest absolute Gasteiger partial charge is 0.253 e. The molecule has 0 saturated carbocycles. The zero-order chi connectivity index (χ0) is 19.9. The molecule has 0 radical (unpaired) electrons. The third kappa shape index (κ3) is 3.78. The second-order valence-corrected chi connectivity index (χ2v) is 8.71. The molecule has 2 heterocycles. The van der Waals surface area contributed by atoms with Gasteiger partial charge in [0.15, 0.2) is 0 Å². The summed E-state index contributed by atoms with van der Waals surface area (Å²) in [4.78, 5) is 15.4. The monoisotopic (exact) mass is 419 g/mol. The molecule has 2 nitrogen and oxygen atoms in total. The van der Waals surface area contributed by atoms with Crippen molar-refractivity contribution >= 4 is 38.9 Å². The number of carbonyl (C=O) groups excluding carboxylic acids is 1. The van der Waals surface area contributed by atoms with Gasteiger partial charge in [0.05, 0.1) is 9.72 Å². The van der Waals surface area contributed by atoms with E-state index in [0.29, 0.717) is 5.56 Å². The van der Waals surface area contributed by atoms with Crippen LogP contribution in [-0.2, 0) is 6.42 Å². The zero-order valence-electron chi connectivity index (χ0n) is 15.5. The van der Waals surface area contributed by atoms with Crippen LogP contribution in [0.15, 0.2) is 42.5 Å². The average Bonchev–Trinajstić information content (AvgIpc) is 3.11. The number of nitrogens with zero attached hydrogens (tertiary/aromatic N) is 1. The molecule has 1 aromatic heterocycles. The Hall–Kier alpha value is -1.98. The molecule has 1 amide bonds. The van der Waals surface area contributed by atoms with Crippen molar-refractivity contribution < 1.29 is 13.6 Å². The van der Waals surface area contributed by atoms with Crippen molar-refractivity contribution in [2.75, 3.05) is 13.1 Å². The molecule has 0 aliphatic carbocycles. The number of hydrogen-bond acceptors (Lipinski definition) is 2. The Balaban J connectivity index is 1.56. The number of hydrogen-bond donors (Lipinski definition) is 0. The van der Waals surface area contributed by atoms with E-state index >= 15 is 0 Å². The quantitative estimate of drug-likeness (QED) is 0.465. The minimum atomic E-state index is -2.65. The Morgan fingerprint density at radius 3 is 2.43 bits per heavy atom. The predicted molar refractivity (Wildman–Crippen MR) is 112 cm³/mol. The number of benzene rings is 2. The molecule has 0 N–H and O–H groups in total. The number of likely N-dealkylation sites (tertiary alicyclic amines) is 1. The van der Waals surface area contributed by atoms with Gasteiger partial charge in [-0.1, -0.05) is 30.7 Å². The van der Waals surface area contributed by atoms with Gasteiger partial charge in [0.1, 0.15) is 0 Å². The van der Waals surface area contributed by atoms with E-state index in [4.69, 9.17) is 11.6 Å². The first-order valence-electron chi connectivity index (χ1n) is 9.36. The fourth-order valence-corrected chi connectivity index (χ4v) is 4.86. The van der Waals surface area contributed by atoms with E-state index in [1.807, 2.05) is 18.2 Å². The molecule has 1 aliphatic heterocycles. The first-order valence-corrected chi connectivity index (χ1v) is 10.6. The Morgan fingerprint density at radius 1 is 1.11 bits per heavy atom. The fraction of sp³-hybridized carbons (Fsp3) is 0.318. The van der Waals surface area contributed by atoms with Crippen LogP contribution < -0.4 is 0 Å². The summed E-state index contributed by atoms with van der Waals surface area (Å²) in [6.45, 7) is 2.31. The number of rotatable bonds is 3. The van der Waals surface area contributed by atoms with E-state index in [9.17, 15) is 13.6 Å². The van der Waals surface area contributed by atoms with Crippen molar-refractivity contribution in [3.63, 3.8) is 0 Å². The molecule has 0 atom stereocenters. The third-order valence-corrected chi connectivity index (χ3v) is 6.96. The highest BCUT2D eigenvalue weighted by Crippen LogP contribution is 2.36. The molecule has 1 aliphatic rings. The molecule has 0 unspecified atom stereocenters. The van der Waals surface area contributed by atoms with Crippen LogP contribution in [0.4, 0.5) is 8.78 Å². The van der Waals surface area contributed by atoms with Crippen molar-refractivity contribution in [2.45, 2.75) is 32.1 Å². The number of aryl methyl sites for hydroxylation is 1. The topological polar surface area (TPSA) is 20.3 Å². The molecule has 0 bridgehead atoms. The summed E-state index contributed by atoms with van der Waals surface area (Å²) in [5.74, 6) is -2.85. The van der Waals surface area contributed by atoms with Crippen molar-refractivity contribution in [1.29, 1.82) is 0 Å². The number of halogens is 3. The summed E-state index contributed by atoms with van der Waals surface area (Å²) in [5.41, 5.74) is 2.48. The van der Waals surface area contributed by atoms with E-state index in [1.54, 1.807) is 23.5 Å². The molecule has 146 valence electrons. The number of alkyl halides is 2. The normalized spacial score (nSPS) is 16.5. The second kappa shape index (κ2) is 7.45. The van der Waals surface area contributed by atoms with E-state index < -0.39 is 5.92 Å². The van der Waals surface area contributed by atoms with Gasteiger partial charge in [-0.3, -0.25) is 4.79 Å². The minimum Gasteiger partial charge on any atom is -0.338 e.